The van der Waals surface area contributed by atoms with Gasteiger partial charge < -0.3 is 28.7 Å². The van der Waals surface area contributed by atoms with E-state index in [2.05, 4.69) is 23.6 Å². The highest BCUT2D eigenvalue weighted by molar-refractivity contribution is 5.97. The van der Waals surface area contributed by atoms with Crippen LogP contribution in [-0.2, 0) is 36.8 Å². The molecule has 0 unspecified atom stereocenters. The maximum atomic E-state index is 14.5. The smallest absolute Gasteiger partial charge is 0.410 e. The summed E-state index contributed by atoms with van der Waals surface area (Å²) < 4.78 is 36.6. The number of hydrogen-bond acceptors (Lipinski definition) is 10. The van der Waals surface area contributed by atoms with E-state index in [1.54, 1.807) is 21.9 Å². The maximum absolute atomic E-state index is 14.5. The van der Waals surface area contributed by atoms with Gasteiger partial charge in [0.1, 0.15) is 30.3 Å². The van der Waals surface area contributed by atoms with Crippen LogP contribution in [0.2, 0.25) is 0 Å². The van der Waals surface area contributed by atoms with Gasteiger partial charge in [-0.2, -0.15) is 0 Å². The van der Waals surface area contributed by atoms with E-state index in [1.165, 1.54) is 19.1 Å². The summed E-state index contributed by atoms with van der Waals surface area (Å²) >= 11 is 0. The molecule has 2 fully saturated rings. The van der Waals surface area contributed by atoms with Crippen molar-refractivity contribution in [2.75, 3.05) is 57.4 Å². The van der Waals surface area contributed by atoms with E-state index in [0.717, 1.165) is 17.7 Å². The fraction of sp³-hybridized carbons (Fsp3) is 0.622. The van der Waals surface area contributed by atoms with Crippen LogP contribution in [0.5, 0.6) is 5.88 Å². The number of carbonyl (C=O) groups is 3. The van der Waals surface area contributed by atoms with Gasteiger partial charge in [-0.3, -0.25) is 19.4 Å². The van der Waals surface area contributed by atoms with Crippen molar-refractivity contribution in [1.82, 2.24) is 19.7 Å². The topological polar surface area (TPSA) is 114 Å². The highest BCUT2D eigenvalue weighted by Gasteiger charge is 2.42. The summed E-state index contributed by atoms with van der Waals surface area (Å²) in [6.07, 6.45) is 0.0250. The number of piperazine rings is 1. The first kappa shape index (κ1) is 37.4. The zero-order valence-electron chi connectivity index (χ0n) is 30.7. The Morgan fingerprint density at radius 3 is 2.46 bits per heavy atom. The monoisotopic (exact) mass is 697 g/mol. The van der Waals surface area contributed by atoms with Crippen molar-refractivity contribution in [1.29, 1.82) is 0 Å². The third-order valence-electron chi connectivity index (χ3n) is 9.46. The fourth-order valence-corrected chi connectivity index (χ4v) is 6.79. The molecule has 4 heterocycles. The summed E-state index contributed by atoms with van der Waals surface area (Å²) in [5, 5.41) is 0. The van der Waals surface area contributed by atoms with Gasteiger partial charge in [0.2, 0.25) is 11.8 Å². The zero-order chi connectivity index (χ0) is 36.4. The number of rotatable bonds is 8. The lowest BCUT2D eigenvalue weighted by Gasteiger charge is -2.50. The van der Waals surface area contributed by atoms with Crippen molar-refractivity contribution in [2.24, 2.45) is 0 Å². The molecule has 0 saturated carbocycles. The third kappa shape index (κ3) is 9.10. The predicted molar refractivity (Wildman–Crippen MR) is 186 cm³/mol. The molecular weight excluding hydrogens is 645 g/mol. The Morgan fingerprint density at radius 1 is 1.08 bits per heavy atom. The van der Waals surface area contributed by atoms with Gasteiger partial charge in [0, 0.05) is 50.7 Å². The second-order valence-corrected chi connectivity index (χ2v) is 15.3. The molecule has 0 spiro atoms. The molecule has 3 aliphatic rings. The quantitative estimate of drug-likeness (QED) is 0.368. The van der Waals surface area contributed by atoms with E-state index in [0.29, 0.717) is 50.7 Å². The second kappa shape index (κ2) is 15.2. The van der Waals surface area contributed by atoms with Crippen molar-refractivity contribution >= 4 is 23.7 Å². The maximum Gasteiger partial charge on any atom is 0.410 e. The lowest BCUT2D eigenvalue weighted by atomic mass is 9.99. The summed E-state index contributed by atoms with van der Waals surface area (Å²) in [6.45, 7) is 18.9. The molecule has 5 rings (SSSR count). The standard InChI is InChI=1S/C37H52FN5O7/c1-24-17-40(30(18-41-13-14-47-23-37(41,7)8)19-42(24)35(46)50-36(4,5)6)20-33(45)43-25(2)21-49-34-32(43)16-28(31(39-34)22-48-26(3)44)15-27-9-11-29(38)12-10-27/h9-12,16,24-25,30H,13-15,17-23H2,1-8H3/t24-,25+,30+/m1/s1. The minimum Gasteiger partial charge on any atom is -0.474 e. The number of ether oxygens (including phenoxy) is 4. The van der Waals surface area contributed by atoms with E-state index in [1.807, 2.05) is 40.7 Å². The fourth-order valence-electron chi connectivity index (χ4n) is 6.79. The first-order chi connectivity index (χ1) is 23.5. The number of morpholine rings is 1. The summed E-state index contributed by atoms with van der Waals surface area (Å²) in [7, 11) is 0. The van der Waals surface area contributed by atoms with Gasteiger partial charge >= 0.3 is 12.1 Å². The molecule has 50 heavy (non-hydrogen) atoms. The number of carbonyl (C=O) groups excluding carboxylic acids is 3. The van der Waals surface area contributed by atoms with Gasteiger partial charge in [0.15, 0.2) is 0 Å². The predicted octanol–water partition coefficient (Wildman–Crippen LogP) is 4.41. The Kier molecular flexibility index (Phi) is 11.4. The van der Waals surface area contributed by atoms with E-state index in [4.69, 9.17) is 23.9 Å². The first-order valence-corrected chi connectivity index (χ1v) is 17.4. The molecular formula is C37H52FN5O7. The number of halogens is 1. The molecule has 2 amide bonds. The molecule has 2 saturated heterocycles. The van der Waals surface area contributed by atoms with Crippen molar-refractivity contribution in [3.63, 3.8) is 0 Å². The number of nitrogens with zero attached hydrogens (tertiary/aromatic N) is 5. The number of amides is 2. The number of aromatic nitrogens is 1. The van der Waals surface area contributed by atoms with Gasteiger partial charge in [-0.05, 0) is 84.2 Å². The SMILES string of the molecule is CC(=O)OCc1nc2c(cc1Cc1ccc(F)cc1)N(C(=O)CN1C[C@@H](C)N(C(=O)OC(C)(C)C)C[C@@H]1CN1CCOCC1(C)C)[C@@H](C)CO2. The van der Waals surface area contributed by atoms with Crippen molar-refractivity contribution in [3.05, 3.63) is 53.0 Å². The molecule has 1 aromatic heterocycles. The van der Waals surface area contributed by atoms with Gasteiger partial charge in [0.25, 0.3) is 0 Å². The van der Waals surface area contributed by atoms with Crippen LogP contribution in [0.25, 0.3) is 0 Å². The molecule has 3 atom stereocenters. The lowest BCUT2D eigenvalue weighted by molar-refractivity contribution is -0.142. The van der Waals surface area contributed by atoms with Gasteiger partial charge in [-0.25, -0.2) is 14.2 Å². The third-order valence-corrected chi connectivity index (χ3v) is 9.46. The van der Waals surface area contributed by atoms with Crippen LogP contribution in [-0.4, -0.2) is 119 Å². The molecule has 1 aromatic carbocycles. The highest BCUT2D eigenvalue weighted by Crippen LogP contribution is 2.36. The Balaban J connectivity index is 1.44. The molecule has 0 aliphatic carbocycles. The van der Waals surface area contributed by atoms with E-state index in [9.17, 15) is 18.8 Å². The molecule has 2 aromatic rings. The van der Waals surface area contributed by atoms with Crippen LogP contribution in [0.3, 0.4) is 0 Å². The van der Waals surface area contributed by atoms with E-state index < -0.39 is 11.6 Å². The highest BCUT2D eigenvalue weighted by atomic mass is 19.1. The summed E-state index contributed by atoms with van der Waals surface area (Å²) in [6, 6.07) is 7.43. The summed E-state index contributed by atoms with van der Waals surface area (Å²) in [5.41, 5.74) is 1.77. The van der Waals surface area contributed by atoms with Crippen molar-refractivity contribution in [2.45, 2.75) is 97.7 Å². The van der Waals surface area contributed by atoms with E-state index in [-0.39, 0.29) is 67.1 Å². The zero-order valence-corrected chi connectivity index (χ0v) is 30.7. The van der Waals surface area contributed by atoms with Crippen LogP contribution in [0.15, 0.2) is 30.3 Å². The molecule has 274 valence electrons. The van der Waals surface area contributed by atoms with Gasteiger partial charge in [-0.15, -0.1) is 0 Å². The minimum absolute atomic E-state index is 0.0641. The Bertz CT molecular complexity index is 1550. The van der Waals surface area contributed by atoms with Gasteiger partial charge in [0.05, 0.1) is 31.5 Å². The minimum atomic E-state index is -0.632. The summed E-state index contributed by atoms with van der Waals surface area (Å²) in [5.74, 6) is -0.613. The molecule has 3 aliphatic heterocycles. The van der Waals surface area contributed by atoms with Crippen molar-refractivity contribution in [3.8, 4) is 5.88 Å². The number of anilines is 1. The number of benzene rings is 1. The molecule has 13 heteroatoms. The van der Waals surface area contributed by atoms with Crippen LogP contribution < -0.4 is 9.64 Å². The average molecular weight is 698 g/mol. The Labute approximate surface area is 294 Å². The normalized spacial score (nSPS) is 22.8. The average Bonchev–Trinajstić information content (AvgIpc) is 3.02. The van der Waals surface area contributed by atoms with E-state index >= 15 is 0 Å². The van der Waals surface area contributed by atoms with Gasteiger partial charge in [-0.1, -0.05) is 12.1 Å². The Morgan fingerprint density at radius 2 is 1.80 bits per heavy atom. The molecule has 0 bridgehead atoms. The molecule has 0 N–H and O–H groups in total. The number of pyridine rings is 1. The second-order valence-electron chi connectivity index (χ2n) is 15.3. The number of fused-ring (bicyclic) bond motifs is 1. The van der Waals surface area contributed by atoms with Crippen LogP contribution in [0.1, 0.15) is 72.2 Å². The molecule has 0 radical (unpaired) electrons. The van der Waals surface area contributed by atoms with Crippen LogP contribution >= 0.6 is 0 Å². The van der Waals surface area contributed by atoms with Crippen molar-refractivity contribution < 1.29 is 37.7 Å². The molecule has 12 nitrogen and oxygen atoms in total. The first-order valence-electron chi connectivity index (χ1n) is 17.4. The number of hydrogen-bond donors (Lipinski definition) is 0. The Hall–Kier alpha value is -3.81. The number of esters is 1. The summed E-state index contributed by atoms with van der Waals surface area (Å²) in [4.78, 5) is 52.3. The lowest BCUT2D eigenvalue weighted by Crippen LogP contribution is -2.66. The van der Waals surface area contributed by atoms with Crippen LogP contribution in [0, 0.1) is 5.82 Å². The largest absolute Gasteiger partial charge is 0.474 e. The van der Waals surface area contributed by atoms with Crippen LogP contribution in [0.4, 0.5) is 14.9 Å².